The number of quaternary nitrogens is 1. The maximum atomic E-state index is 5.95. The summed E-state index contributed by atoms with van der Waals surface area (Å²) < 4.78 is 7.03. The lowest BCUT2D eigenvalue weighted by atomic mass is 10.1. The van der Waals surface area contributed by atoms with Crippen molar-refractivity contribution in [1.29, 1.82) is 0 Å². The minimum Gasteiger partial charge on any atom is -0.455 e. The molecule has 0 spiro atoms. The van der Waals surface area contributed by atoms with E-state index in [-0.39, 0.29) is 0 Å². The molecule has 0 aliphatic heterocycles. The lowest BCUT2D eigenvalue weighted by Gasteiger charge is -2.09. The highest BCUT2D eigenvalue weighted by atomic mass is 79.9. The normalized spacial score (nSPS) is 12.3. The molecule has 0 unspecified atom stereocenters. The molecule has 0 amide bonds. The summed E-state index contributed by atoms with van der Waals surface area (Å²) in [4.78, 5) is 0. The standard InChI is InChI=1S/C19H18BrNO/c1-14(15-5-3-2-4-6-15)21-13-18-11-12-19(22-18)16-7-9-17(20)10-8-16/h2-12,14,21H,13H2,1H3/p+1/t14-/m1/s1. The first-order valence-corrected chi connectivity index (χ1v) is 8.24. The highest BCUT2D eigenvalue weighted by molar-refractivity contribution is 9.10. The molecule has 3 rings (SSSR count). The Hall–Kier alpha value is -1.84. The number of rotatable bonds is 5. The summed E-state index contributed by atoms with van der Waals surface area (Å²) in [6.45, 7) is 3.06. The molecule has 3 aromatic rings. The quantitative estimate of drug-likeness (QED) is 0.714. The summed E-state index contributed by atoms with van der Waals surface area (Å²) in [6, 6.07) is 23.2. The van der Waals surface area contributed by atoms with Gasteiger partial charge in [-0.15, -0.1) is 0 Å². The molecule has 0 saturated carbocycles. The van der Waals surface area contributed by atoms with Gasteiger partial charge >= 0.3 is 0 Å². The summed E-state index contributed by atoms with van der Waals surface area (Å²) in [7, 11) is 0. The van der Waals surface area contributed by atoms with E-state index in [1.165, 1.54) is 5.56 Å². The topological polar surface area (TPSA) is 29.8 Å². The molecule has 2 N–H and O–H groups in total. The van der Waals surface area contributed by atoms with Gasteiger partial charge < -0.3 is 9.73 Å². The first-order chi connectivity index (χ1) is 10.7. The van der Waals surface area contributed by atoms with Crippen molar-refractivity contribution < 1.29 is 9.73 Å². The molecule has 0 saturated heterocycles. The Morgan fingerprint density at radius 2 is 1.68 bits per heavy atom. The van der Waals surface area contributed by atoms with Crippen LogP contribution in [0.3, 0.4) is 0 Å². The molecule has 0 bridgehead atoms. The van der Waals surface area contributed by atoms with Gasteiger partial charge in [-0.25, -0.2) is 0 Å². The third-order valence-corrected chi connectivity index (χ3v) is 4.32. The zero-order chi connectivity index (χ0) is 15.4. The molecule has 1 atom stereocenters. The second-order valence-corrected chi connectivity index (χ2v) is 6.33. The van der Waals surface area contributed by atoms with E-state index in [0.29, 0.717) is 6.04 Å². The summed E-state index contributed by atoms with van der Waals surface area (Å²) in [5.41, 5.74) is 2.44. The molecule has 112 valence electrons. The maximum Gasteiger partial charge on any atom is 0.158 e. The molecule has 0 aliphatic carbocycles. The van der Waals surface area contributed by atoms with Gasteiger partial charge in [-0.3, -0.25) is 0 Å². The summed E-state index contributed by atoms with van der Waals surface area (Å²) in [5, 5.41) is 2.29. The highest BCUT2D eigenvalue weighted by Crippen LogP contribution is 2.23. The van der Waals surface area contributed by atoms with Crippen LogP contribution < -0.4 is 5.32 Å². The van der Waals surface area contributed by atoms with Crippen LogP contribution in [0.1, 0.15) is 24.3 Å². The third kappa shape index (κ3) is 3.67. The lowest BCUT2D eigenvalue weighted by Crippen LogP contribution is -2.82. The van der Waals surface area contributed by atoms with E-state index in [2.05, 4.69) is 70.6 Å². The average Bonchev–Trinajstić information content (AvgIpc) is 3.03. The Bertz CT molecular complexity index is 719. The van der Waals surface area contributed by atoms with E-state index in [9.17, 15) is 0 Å². The lowest BCUT2D eigenvalue weighted by molar-refractivity contribution is -0.709. The summed E-state index contributed by atoms with van der Waals surface area (Å²) >= 11 is 3.45. The fraction of sp³-hybridized carbons (Fsp3) is 0.158. The monoisotopic (exact) mass is 356 g/mol. The molecular weight excluding hydrogens is 338 g/mol. The zero-order valence-corrected chi connectivity index (χ0v) is 14.1. The van der Waals surface area contributed by atoms with E-state index < -0.39 is 0 Å². The molecule has 1 heterocycles. The molecule has 2 aromatic carbocycles. The van der Waals surface area contributed by atoms with Crippen LogP contribution in [0.25, 0.3) is 11.3 Å². The van der Waals surface area contributed by atoms with Gasteiger partial charge in [0.1, 0.15) is 18.3 Å². The summed E-state index contributed by atoms with van der Waals surface area (Å²) in [5.74, 6) is 1.92. The Labute approximate surface area is 139 Å². The van der Waals surface area contributed by atoms with Gasteiger partial charge in [0.2, 0.25) is 0 Å². The SMILES string of the molecule is C[C@@H]([NH2+]Cc1ccc(-c2ccc(Br)cc2)o1)c1ccccc1. The minimum atomic E-state index is 0.419. The number of nitrogens with two attached hydrogens (primary N) is 1. The Balaban J connectivity index is 1.63. The first kappa shape index (κ1) is 15.1. The molecule has 2 nitrogen and oxygen atoms in total. The van der Waals surface area contributed by atoms with Crippen molar-refractivity contribution in [3.8, 4) is 11.3 Å². The predicted octanol–water partition coefficient (Wildman–Crippen LogP) is 4.53. The molecule has 3 heteroatoms. The van der Waals surface area contributed by atoms with Gasteiger partial charge in [0, 0.05) is 15.6 Å². The Morgan fingerprint density at radius 1 is 0.955 bits per heavy atom. The van der Waals surface area contributed by atoms with Crippen molar-refractivity contribution >= 4 is 15.9 Å². The smallest absolute Gasteiger partial charge is 0.158 e. The predicted molar refractivity (Wildman–Crippen MR) is 92.3 cm³/mol. The van der Waals surface area contributed by atoms with Crippen molar-refractivity contribution in [3.63, 3.8) is 0 Å². The van der Waals surface area contributed by atoms with Crippen LogP contribution in [0, 0.1) is 0 Å². The summed E-state index contributed by atoms with van der Waals surface area (Å²) in [6.07, 6.45) is 0. The van der Waals surface area contributed by atoms with Crippen LogP contribution in [-0.4, -0.2) is 0 Å². The third-order valence-electron chi connectivity index (χ3n) is 3.79. The fourth-order valence-corrected chi connectivity index (χ4v) is 2.71. The zero-order valence-electron chi connectivity index (χ0n) is 12.5. The van der Waals surface area contributed by atoms with Gasteiger partial charge in [0.05, 0.1) is 0 Å². The van der Waals surface area contributed by atoms with Crippen LogP contribution in [0.4, 0.5) is 0 Å². The van der Waals surface area contributed by atoms with Crippen LogP contribution >= 0.6 is 15.9 Å². The van der Waals surface area contributed by atoms with Crippen molar-refractivity contribution in [3.05, 3.63) is 82.5 Å². The van der Waals surface area contributed by atoms with E-state index in [0.717, 1.165) is 28.1 Å². The van der Waals surface area contributed by atoms with Gasteiger partial charge in [0.15, 0.2) is 5.76 Å². The van der Waals surface area contributed by atoms with Crippen LogP contribution in [0.2, 0.25) is 0 Å². The molecule has 22 heavy (non-hydrogen) atoms. The second kappa shape index (κ2) is 6.95. The molecular formula is C19H19BrNO+. The van der Waals surface area contributed by atoms with Gasteiger partial charge in [0.25, 0.3) is 0 Å². The van der Waals surface area contributed by atoms with Crippen LogP contribution in [-0.2, 0) is 6.54 Å². The van der Waals surface area contributed by atoms with E-state index in [1.54, 1.807) is 0 Å². The number of halogens is 1. The average molecular weight is 357 g/mol. The molecule has 1 aromatic heterocycles. The van der Waals surface area contributed by atoms with E-state index >= 15 is 0 Å². The Morgan fingerprint density at radius 3 is 2.41 bits per heavy atom. The van der Waals surface area contributed by atoms with Crippen molar-refractivity contribution in [1.82, 2.24) is 0 Å². The van der Waals surface area contributed by atoms with Crippen LogP contribution in [0.15, 0.2) is 75.6 Å². The number of furan rings is 1. The molecule has 0 aliphatic rings. The first-order valence-electron chi connectivity index (χ1n) is 7.45. The van der Waals surface area contributed by atoms with E-state index in [4.69, 9.17) is 4.42 Å². The van der Waals surface area contributed by atoms with E-state index in [1.807, 2.05) is 24.3 Å². The second-order valence-electron chi connectivity index (χ2n) is 5.41. The van der Waals surface area contributed by atoms with Crippen molar-refractivity contribution in [2.24, 2.45) is 0 Å². The number of hydrogen-bond donors (Lipinski definition) is 1. The van der Waals surface area contributed by atoms with Gasteiger partial charge in [-0.05, 0) is 31.2 Å². The number of benzene rings is 2. The van der Waals surface area contributed by atoms with Gasteiger partial charge in [-0.1, -0.05) is 58.4 Å². The largest absolute Gasteiger partial charge is 0.455 e. The number of hydrogen-bond acceptors (Lipinski definition) is 1. The molecule has 0 radical (unpaired) electrons. The maximum absolute atomic E-state index is 5.95. The van der Waals surface area contributed by atoms with Crippen molar-refractivity contribution in [2.75, 3.05) is 0 Å². The van der Waals surface area contributed by atoms with Crippen LogP contribution in [0.5, 0.6) is 0 Å². The highest BCUT2D eigenvalue weighted by Gasteiger charge is 2.10. The van der Waals surface area contributed by atoms with Crippen molar-refractivity contribution in [2.45, 2.75) is 19.5 Å². The Kier molecular flexibility index (Phi) is 4.76. The minimum absolute atomic E-state index is 0.419. The van der Waals surface area contributed by atoms with Gasteiger partial charge in [-0.2, -0.15) is 0 Å². The fourth-order valence-electron chi connectivity index (χ4n) is 2.44. The molecule has 0 fully saturated rings.